The minimum Gasteiger partial charge on any atom is -0.352 e. The van der Waals surface area contributed by atoms with Crippen LogP contribution < -0.4 is 5.32 Å². The molecule has 2 rings (SSSR count). The largest absolute Gasteiger partial charge is 0.352 e. The van der Waals surface area contributed by atoms with Crippen LogP contribution in [0.25, 0.3) is 5.69 Å². The average Bonchev–Trinajstić information content (AvgIpc) is 2.82. The second-order valence-electron chi connectivity index (χ2n) is 4.79. The number of tetrazole rings is 1. The molecule has 0 spiro atoms. The molecule has 2 aromatic rings. The van der Waals surface area contributed by atoms with Crippen LogP contribution in [-0.4, -0.2) is 32.7 Å². The van der Waals surface area contributed by atoms with Gasteiger partial charge in [0, 0.05) is 12.1 Å². The highest BCUT2D eigenvalue weighted by Gasteiger charge is 2.09. The van der Waals surface area contributed by atoms with Crippen molar-refractivity contribution in [2.75, 3.05) is 6.54 Å². The fourth-order valence-electron chi connectivity index (χ4n) is 1.65. The third-order valence-corrected chi connectivity index (χ3v) is 2.65. The van der Waals surface area contributed by atoms with Gasteiger partial charge in [0.1, 0.15) is 0 Å². The second kappa shape index (κ2) is 5.60. The Hall–Kier alpha value is -2.24. The number of benzene rings is 1. The highest BCUT2D eigenvalue weighted by atomic mass is 16.1. The molecule has 0 unspecified atom stereocenters. The third-order valence-electron chi connectivity index (χ3n) is 2.65. The summed E-state index contributed by atoms with van der Waals surface area (Å²) in [6, 6.07) is 7.24. The Bertz CT molecular complexity index is 576. The molecule has 0 atom stereocenters. The predicted octanol–water partition coefficient (Wildman–Crippen LogP) is 1.36. The summed E-state index contributed by atoms with van der Waals surface area (Å²) in [5, 5.41) is 14.2. The van der Waals surface area contributed by atoms with Gasteiger partial charge in [-0.25, -0.2) is 0 Å². The molecule has 1 aromatic carbocycles. The normalized spacial score (nSPS) is 10.7. The lowest BCUT2D eigenvalue weighted by Gasteiger charge is -2.08. The monoisotopic (exact) mass is 259 g/mol. The summed E-state index contributed by atoms with van der Waals surface area (Å²) < 4.78 is 1.60. The molecule has 6 nitrogen and oxygen atoms in total. The number of carbonyl (C=O) groups is 1. The van der Waals surface area contributed by atoms with E-state index in [2.05, 4.69) is 34.7 Å². The second-order valence-corrected chi connectivity index (χ2v) is 4.79. The van der Waals surface area contributed by atoms with Crippen molar-refractivity contribution in [3.8, 4) is 5.69 Å². The number of nitrogens with zero attached hydrogens (tertiary/aromatic N) is 4. The summed E-state index contributed by atoms with van der Waals surface area (Å²) in [6.07, 6.45) is 0. The molecule has 1 heterocycles. The van der Waals surface area contributed by atoms with Crippen LogP contribution in [0.2, 0.25) is 0 Å². The van der Waals surface area contributed by atoms with E-state index in [1.54, 1.807) is 16.8 Å². The summed E-state index contributed by atoms with van der Waals surface area (Å²) >= 11 is 0. The van der Waals surface area contributed by atoms with Crippen LogP contribution >= 0.6 is 0 Å². The van der Waals surface area contributed by atoms with Gasteiger partial charge in [0.05, 0.1) is 5.69 Å². The SMILES string of the molecule is Cc1nnnn1-c1cccc(C(=O)NCC(C)C)c1. The van der Waals surface area contributed by atoms with Crippen molar-refractivity contribution in [2.24, 2.45) is 5.92 Å². The number of rotatable bonds is 4. The summed E-state index contributed by atoms with van der Waals surface area (Å²) in [5.41, 5.74) is 1.38. The average molecular weight is 259 g/mol. The van der Waals surface area contributed by atoms with Crippen molar-refractivity contribution >= 4 is 5.91 Å². The van der Waals surface area contributed by atoms with E-state index in [1.807, 2.05) is 19.1 Å². The zero-order valence-corrected chi connectivity index (χ0v) is 11.3. The smallest absolute Gasteiger partial charge is 0.251 e. The molecule has 6 heteroatoms. The number of amides is 1. The first-order valence-corrected chi connectivity index (χ1v) is 6.21. The van der Waals surface area contributed by atoms with Crippen molar-refractivity contribution < 1.29 is 4.79 Å². The van der Waals surface area contributed by atoms with E-state index < -0.39 is 0 Å². The Morgan fingerprint density at radius 3 is 2.84 bits per heavy atom. The van der Waals surface area contributed by atoms with E-state index >= 15 is 0 Å². The lowest BCUT2D eigenvalue weighted by molar-refractivity contribution is 0.0949. The maximum atomic E-state index is 12.0. The van der Waals surface area contributed by atoms with E-state index in [0.29, 0.717) is 23.9 Å². The van der Waals surface area contributed by atoms with Crippen LogP contribution in [0.1, 0.15) is 30.0 Å². The zero-order chi connectivity index (χ0) is 13.8. The Balaban J connectivity index is 2.20. The van der Waals surface area contributed by atoms with Crippen LogP contribution in [0.3, 0.4) is 0 Å². The Morgan fingerprint density at radius 2 is 2.21 bits per heavy atom. The van der Waals surface area contributed by atoms with Crippen LogP contribution in [0.15, 0.2) is 24.3 Å². The van der Waals surface area contributed by atoms with Gasteiger partial charge in [-0.15, -0.1) is 5.10 Å². The first-order valence-electron chi connectivity index (χ1n) is 6.21. The minimum absolute atomic E-state index is 0.0822. The van der Waals surface area contributed by atoms with Crippen molar-refractivity contribution in [2.45, 2.75) is 20.8 Å². The van der Waals surface area contributed by atoms with E-state index in [1.165, 1.54) is 0 Å². The molecule has 0 saturated carbocycles. The van der Waals surface area contributed by atoms with Crippen molar-refractivity contribution in [3.63, 3.8) is 0 Å². The van der Waals surface area contributed by atoms with Gasteiger partial charge in [0.15, 0.2) is 5.82 Å². The molecule has 0 bridgehead atoms. The number of carbonyl (C=O) groups excluding carboxylic acids is 1. The van der Waals surface area contributed by atoms with Gasteiger partial charge in [0.25, 0.3) is 5.91 Å². The van der Waals surface area contributed by atoms with E-state index in [-0.39, 0.29) is 5.91 Å². The van der Waals surface area contributed by atoms with Crippen LogP contribution in [0, 0.1) is 12.8 Å². The Kier molecular flexibility index (Phi) is 3.89. The number of hydrogen-bond acceptors (Lipinski definition) is 4. The molecule has 0 aliphatic carbocycles. The predicted molar refractivity (Wildman–Crippen MR) is 71.1 cm³/mol. The minimum atomic E-state index is -0.0822. The van der Waals surface area contributed by atoms with Gasteiger partial charge in [-0.3, -0.25) is 4.79 Å². The van der Waals surface area contributed by atoms with Crippen molar-refractivity contribution in [3.05, 3.63) is 35.7 Å². The molecule has 0 saturated heterocycles. The number of aryl methyl sites for hydroxylation is 1. The van der Waals surface area contributed by atoms with Gasteiger partial charge in [0.2, 0.25) is 0 Å². The van der Waals surface area contributed by atoms with Crippen molar-refractivity contribution in [1.29, 1.82) is 0 Å². The standard InChI is InChI=1S/C13H17N5O/c1-9(2)8-14-13(19)11-5-4-6-12(7-11)18-10(3)15-16-17-18/h4-7,9H,8H2,1-3H3,(H,14,19). The number of aromatic nitrogens is 4. The molecule has 100 valence electrons. The molecule has 0 aliphatic heterocycles. The number of nitrogens with one attached hydrogen (secondary N) is 1. The fourth-order valence-corrected chi connectivity index (χ4v) is 1.65. The highest BCUT2D eigenvalue weighted by molar-refractivity contribution is 5.94. The molecule has 0 radical (unpaired) electrons. The lowest BCUT2D eigenvalue weighted by atomic mass is 10.1. The summed E-state index contributed by atoms with van der Waals surface area (Å²) in [5.74, 6) is 1.02. The fraction of sp³-hybridized carbons (Fsp3) is 0.385. The topological polar surface area (TPSA) is 72.7 Å². The lowest BCUT2D eigenvalue weighted by Crippen LogP contribution is -2.27. The molecule has 1 amide bonds. The van der Waals surface area contributed by atoms with Gasteiger partial charge >= 0.3 is 0 Å². The summed E-state index contributed by atoms with van der Waals surface area (Å²) in [6.45, 7) is 6.58. The van der Waals surface area contributed by atoms with E-state index in [4.69, 9.17) is 0 Å². The van der Waals surface area contributed by atoms with Gasteiger partial charge in [-0.2, -0.15) is 4.68 Å². The van der Waals surface area contributed by atoms with Crippen LogP contribution in [0.5, 0.6) is 0 Å². The molecule has 19 heavy (non-hydrogen) atoms. The van der Waals surface area contributed by atoms with Crippen LogP contribution in [0.4, 0.5) is 0 Å². The molecule has 1 aromatic heterocycles. The van der Waals surface area contributed by atoms with Crippen molar-refractivity contribution in [1.82, 2.24) is 25.5 Å². The molecular weight excluding hydrogens is 242 g/mol. The maximum Gasteiger partial charge on any atom is 0.251 e. The Morgan fingerprint density at radius 1 is 1.42 bits per heavy atom. The van der Waals surface area contributed by atoms with E-state index in [0.717, 1.165) is 5.69 Å². The summed E-state index contributed by atoms with van der Waals surface area (Å²) in [4.78, 5) is 12.0. The third kappa shape index (κ3) is 3.15. The molecule has 0 fully saturated rings. The number of hydrogen-bond donors (Lipinski definition) is 1. The first kappa shape index (κ1) is 13.2. The Labute approximate surface area is 111 Å². The molecular formula is C13H17N5O. The molecule has 0 aliphatic rings. The van der Waals surface area contributed by atoms with Gasteiger partial charge in [-0.1, -0.05) is 19.9 Å². The van der Waals surface area contributed by atoms with Crippen LogP contribution in [-0.2, 0) is 0 Å². The zero-order valence-electron chi connectivity index (χ0n) is 11.3. The summed E-state index contributed by atoms with van der Waals surface area (Å²) in [7, 11) is 0. The highest BCUT2D eigenvalue weighted by Crippen LogP contribution is 2.10. The van der Waals surface area contributed by atoms with Gasteiger partial charge in [-0.05, 0) is 41.5 Å². The van der Waals surface area contributed by atoms with E-state index in [9.17, 15) is 4.79 Å². The van der Waals surface area contributed by atoms with Gasteiger partial charge < -0.3 is 5.32 Å². The molecule has 1 N–H and O–H groups in total. The maximum absolute atomic E-state index is 12.0. The quantitative estimate of drug-likeness (QED) is 0.899. The first-order chi connectivity index (χ1) is 9.08.